The molecular formula is C17H14F2N2O2S. The van der Waals surface area contributed by atoms with Gasteiger partial charge in [-0.05, 0) is 24.3 Å². The van der Waals surface area contributed by atoms with E-state index < -0.39 is 29.5 Å². The van der Waals surface area contributed by atoms with Crippen molar-refractivity contribution >= 4 is 29.3 Å². The number of rotatable bonds is 3. The lowest BCUT2D eigenvalue weighted by Crippen LogP contribution is -2.44. The molecule has 0 saturated carbocycles. The van der Waals surface area contributed by atoms with E-state index in [9.17, 15) is 18.4 Å². The number of nitrogens with zero attached hydrogens (tertiary/aromatic N) is 1. The zero-order chi connectivity index (χ0) is 17.1. The van der Waals surface area contributed by atoms with Crippen molar-refractivity contribution in [2.24, 2.45) is 0 Å². The predicted octanol–water partition coefficient (Wildman–Crippen LogP) is 3.12. The van der Waals surface area contributed by atoms with Crippen LogP contribution in [0, 0.1) is 11.6 Å². The third kappa shape index (κ3) is 3.26. The zero-order valence-electron chi connectivity index (χ0n) is 12.5. The number of halogens is 2. The molecule has 1 heterocycles. The summed E-state index contributed by atoms with van der Waals surface area (Å²) >= 11 is 1.39. The maximum atomic E-state index is 13.8. The standard InChI is InChI=1S/C17H14F2N2O2S/c18-12-6-2-1-5-11(12)17(23)21-10-24-9-15(21)16(22)20-14-8-4-3-7-13(14)19/h1-8,15H,9-10H2,(H,20,22)/t15-/m0/s1. The number of carbonyl (C=O) groups is 2. The Hall–Kier alpha value is -2.41. The lowest BCUT2D eigenvalue weighted by atomic mass is 10.1. The highest BCUT2D eigenvalue weighted by molar-refractivity contribution is 7.99. The maximum Gasteiger partial charge on any atom is 0.258 e. The summed E-state index contributed by atoms with van der Waals surface area (Å²) in [7, 11) is 0. The summed E-state index contributed by atoms with van der Waals surface area (Å²) in [6.45, 7) is 0. The number of nitrogens with one attached hydrogen (secondary N) is 1. The quantitative estimate of drug-likeness (QED) is 0.927. The minimum atomic E-state index is -0.776. The molecule has 1 fully saturated rings. The van der Waals surface area contributed by atoms with Crippen LogP contribution >= 0.6 is 11.8 Å². The van der Waals surface area contributed by atoms with Gasteiger partial charge in [-0.2, -0.15) is 0 Å². The first kappa shape index (κ1) is 16.4. The SMILES string of the molecule is O=C(Nc1ccccc1F)[C@@H]1CSCN1C(=O)c1ccccc1F. The molecule has 3 rings (SSSR count). The molecule has 1 aliphatic rings. The van der Waals surface area contributed by atoms with Crippen LogP contribution in [0.3, 0.4) is 0 Å². The van der Waals surface area contributed by atoms with E-state index in [1.807, 2.05) is 0 Å². The summed E-state index contributed by atoms with van der Waals surface area (Å²) in [6.07, 6.45) is 0. The van der Waals surface area contributed by atoms with E-state index in [-0.39, 0.29) is 17.1 Å². The second-order valence-corrected chi connectivity index (χ2v) is 6.24. The Morgan fingerprint density at radius 1 is 1.04 bits per heavy atom. The van der Waals surface area contributed by atoms with Crippen molar-refractivity contribution in [2.75, 3.05) is 16.9 Å². The summed E-state index contributed by atoms with van der Waals surface area (Å²) in [5.41, 5.74) is -0.0265. The first-order valence-electron chi connectivity index (χ1n) is 7.26. The molecule has 7 heteroatoms. The Kier molecular flexibility index (Phi) is 4.80. The highest BCUT2D eigenvalue weighted by Gasteiger charge is 2.36. The Morgan fingerprint density at radius 3 is 2.42 bits per heavy atom. The van der Waals surface area contributed by atoms with Crippen LogP contribution in [0.15, 0.2) is 48.5 Å². The van der Waals surface area contributed by atoms with Crippen LogP contribution in [0.25, 0.3) is 0 Å². The minimum Gasteiger partial charge on any atom is -0.322 e. The van der Waals surface area contributed by atoms with Gasteiger partial charge in [-0.3, -0.25) is 9.59 Å². The van der Waals surface area contributed by atoms with Crippen LogP contribution in [-0.2, 0) is 4.79 Å². The third-order valence-corrected chi connectivity index (χ3v) is 4.69. The van der Waals surface area contributed by atoms with Gasteiger partial charge in [0.15, 0.2) is 0 Å². The van der Waals surface area contributed by atoms with Gasteiger partial charge in [0.2, 0.25) is 5.91 Å². The van der Waals surface area contributed by atoms with E-state index in [0.29, 0.717) is 5.75 Å². The molecule has 1 atom stereocenters. The van der Waals surface area contributed by atoms with Crippen LogP contribution < -0.4 is 5.32 Å². The second kappa shape index (κ2) is 7.00. The van der Waals surface area contributed by atoms with Gasteiger partial charge in [0.05, 0.1) is 17.1 Å². The number of thioether (sulfide) groups is 1. The number of carbonyl (C=O) groups excluding carboxylic acids is 2. The Bertz CT molecular complexity index is 785. The first-order chi connectivity index (χ1) is 11.6. The van der Waals surface area contributed by atoms with Crippen molar-refractivity contribution in [1.82, 2.24) is 4.90 Å². The van der Waals surface area contributed by atoms with Crippen LogP contribution in [0.4, 0.5) is 14.5 Å². The number of anilines is 1. The van der Waals surface area contributed by atoms with Crippen molar-refractivity contribution < 1.29 is 18.4 Å². The molecule has 4 nitrogen and oxygen atoms in total. The third-order valence-electron chi connectivity index (χ3n) is 3.68. The van der Waals surface area contributed by atoms with Crippen molar-refractivity contribution in [3.63, 3.8) is 0 Å². The first-order valence-corrected chi connectivity index (χ1v) is 8.42. The van der Waals surface area contributed by atoms with Gasteiger partial charge in [0.1, 0.15) is 17.7 Å². The summed E-state index contributed by atoms with van der Waals surface area (Å²) in [4.78, 5) is 26.2. The molecule has 1 saturated heterocycles. The fourth-order valence-corrected chi connectivity index (χ4v) is 3.58. The molecule has 0 bridgehead atoms. The fraction of sp³-hybridized carbons (Fsp3) is 0.176. The van der Waals surface area contributed by atoms with Gasteiger partial charge in [-0.15, -0.1) is 11.8 Å². The lowest BCUT2D eigenvalue weighted by molar-refractivity contribution is -0.119. The van der Waals surface area contributed by atoms with Gasteiger partial charge in [0.25, 0.3) is 5.91 Å². The zero-order valence-corrected chi connectivity index (χ0v) is 13.4. The van der Waals surface area contributed by atoms with E-state index in [4.69, 9.17) is 0 Å². The van der Waals surface area contributed by atoms with Gasteiger partial charge < -0.3 is 10.2 Å². The van der Waals surface area contributed by atoms with Gasteiger partial charge in [0, 0.05) is 5.75 Å². The highest BCUT2D eigenvalue weighted by atomic mass is 32.2. The molecule has 24 heavy (non-hydrogen) atoms. The highest BCUT2D eigenvalue weighted by Crippen LogP contribution is 2.25. The van der Waals surface area contributed by atoms with E-state index >= 15 is 0 Å². The van der Waals surface area contributed by atoms with Crippen LogP contribution in [0.1, 0.15) is 10.4 Å². The van der Waals surface area contributed by atoms with Crippen molar-refractivity contribution in [3.05, 3.63) is 65.7 Å². The van der Waals surface area contributed by atoms with Crippen LogP contribution in [-0.4, -0.2) is 34.4 Å². The number of para-hydroxylation sites is 1. The summed E-state index contributed by atoms with van der Waals surface area (Å²) in [6, 6.07) is 10.7. The average Bonchev–Trinajstić information content (AvgIpc) is 3.06. The molecule has 0 aromatic heterocycles. The number of hydrogen-bond donors (Lipinski definition) is 1. The van der Waals surface area contributed by atoms with Crippen LogP contribution in [0.2, 0.25) is 0 Å². The monoisotopic (exact) mass is 348 g/mol. The molecule has 0 radical (unpaired) electrons. The number of amides is 2. The molecular weight excluding hydrogens is 334 g/mol. The van der Waals surface area contributed by atoms with Crippen molar-refractivity contribution in [3.8, 4) is 0 Å². The lowest BCUT2D eigenvalue weighted by Gasteiger charge is -2.23. The fourth-order valence-electron chi connectivity index (χ4n) is 2.43. The predicted molar refractivity (Wildman–Crippen MR) is 88.7 cm³/mol. The maximum absolute atomic E-state index is 13.8. The molecule has 2 aromatic carbocycles. The molecule has 2 amide bonds. The topological polar surface area (TPSA) is 49.4 Å². The molecule has 0 unspecified atom stereocenters. The molecule has 0 aliphatic carbocycles. The summed E-state index contributed by atoms with van der Waals surface area (Å²) in [5.74, 6) is -1.57. The van der Waals surface area contributed by atoms with Crippen molar-refractivity contribution in [1.29, 1.82) is 0 Å². The Balaban J connectivity index is 1.78. The van der Waals surface area contributed by atoms with Gasteiger partial charge in [-0.1, -0.05) is 24.3 Å². The molecule has 2 aromatic rings. The van der Waals surface area contributed by atoms with Gasteiger partial charge >= 0.3 is 0 Å². The average molecular weight is 348 g/mol. The normalized spacial score (nSPS) is 16.9. The van der Waals surface area contributed by atoms with E-state index in [1.165, 1.54) is 53.1 Å². The van der Waals surface area contributed by atoms with Gasteiger partial charge in [-0.25, -0.2) is 8.78 Å². The molecule has 124 valence electrons. The number of hydrogen-bond acceptors (Lipinski definition) is 3. The Labute approximate surface area is 141 Å². The largest absolute Gasteiger partial charge is 0.322 e. The smallest absolute Gasteiger partial charge is 0.258 e. The molecule has 0 spiro atoms. The van der Waals surface area contributed by atoms with E-state index in [0.717, 1.165) is 0 Å². The molecule has 1 N–H and O–H groups in total. The summed E-state index contributed by atoms with van der Waals surface area (Å²) in [5, 5.41) is 2.49. The number of benzene rings is 2. The van der Waals surface area contributed by atoms with Crippen LogP contribution in [0.5, 0.6) is 0 Å². The Morgan fingerprint density at radius 2 is 1.71 bits per heavy atom. The van der Waals surface area contributed by atoms with E-state index in [1.54, 1.807) is 12.1 Å². The second-order valence-electron chi connectivity index (χ2n) is 5.24. The molecule has 1 aliphatic heterocycles. The van der Waals surface area contributed by atoms with Crippen molar-refractivity contribution in [2.45, 2.75) is 6.04 Å². The van der Waals surface area contributed by atoms with E-state index in [2.05, 4.69) is 5.32 Å². The minimum absolute atomic E-state index is 0.0534. The summed E-state index contributed by atoms with van der Waals surface area (Å²) < 4.78 is 27.5.